The summed E-state index contributed by atoms with van der Waals surface area (Å²) in [4.78, 5) is 100. The third-order valence-electron chi connectivity index (χ3n) is 24.0. The number of imidazole rings is 2. The number of rotatable bonds is 0. The summed E-state index contributed by atoms with van der Waals surface area (Å²) < 4.78 is 43.9. The van der Waals surface area contributed by atoms with Crippen molar-refractivity contribution in [2.75, 3.05) is 11.9 Å². The highest BCUT2D eigenvalue weighted by Crippen LogP contribution is 2.48. The maximum Gasteiger partial charge on any atom is 0.344 e. The Labute approximate surface area is 760 Å². The van der Waals surface area contributed by atoms with Crippen molar-refractivity contribution in [3.63, 3.8) is 0 Å². The van der Waals surface area contributed by atoms with E-state index in [1.807, 2.05) is 154 Å². The molecule has 0 atom stereocenters. The van der Waals surface area contributed by atoms with Crippen LogP contribution in [0.2, 0.25) is 0 Å². The van der Waals surface area contributed by atoms with Crippen LogP contribution in [0.4, 0.5) is 5.69 Å². The molecule has 0 unspecified atom stereocenters. The highest BCUT2D eigenvalue weighted by Gasteiger charge is 2.28. The summed E-state index contributed by atoms with van der Waals surface area (Å²) in [6.45, 7) is 16.2. The number of benzene rings is 14. The van der Waals surface area contributed by atoms with Gasteiger partial charge in [0.2, 0.25) is 0 Å². The minimum absolute atomic E-state index is 0.00761. The molecule has 0 bridgehead atoms. The number of aliphatic imine (C=N–C) groups is 1. The highest BCUT2D eigenvalue weighted by atomic mass is 16.5. The number of hydrogen-bond acceptors (Lipinski definition) is 23. The van der Waals surface area contributed by atoms with E-state index < -0.39 is 11.3 Å². The van der Waals surface area contributed by atoms with Crippen molar-refractivity contribution in [3.05, 3.63) is 358 Å². The first-order valence-electron chi connectivity index (χ1n) is 42.2. The van der Waals surface area contributed by atoms with Crippen molar-refractivity contribution in [1.29, 1.82) is 0 Å². The Bertz CT molecular complexity index is 9610. The standard InChI is InChI=1S/C16H11NO4.2C15H10N2O3.C15H10N2O2.2C15H9NO3.C14H9N3O/c1-8-2-3-9-10-5-14-12(17-15(18)7-20-14)6-13(10)21-16(19)11(9)4-8;1-7-10-4-8(18)2-3-9(10)11-5-12-13(6-14(11)20-7)17-15(19)16-12;1-7-2-3-8-9-4-5-11-12(17-15(19)16-11)13(9)20-14(18)10(8)6-7;1-8-12-5-10(18)2-3-11(12)13-4-9-7-16-17-14(9)6-15(13)19-8;17-10-1-2-11-12-3-8-6-16-7-9(8)4-13(12)15(18)19-14(11)5-10;17-8-1-2-9-10-3-4-12-11(5-6-16-12)14(10)15(18)19-13(9)7-8;1-8-9-4-2-3-5-10(9)11-6-12-13(16-17-15-12)7-14(11)18-8/h2-6H,7H2,1H3,(H,17,18);2-6,18H,1H2,(H2,16,17,19);2-6H,1H3,(H2,16,17,19);2-7,18H,1H2,(H,16,17);1-6,17H,7H2;1-7,16-17H;2-7H,1H2,(H,15,16,17). The second kappa shape index (κ2) is 32.4. The molecule has 1 amide bonds. The number of aryl methyl sites for hydroxylation is 2. The summed E-state index contributed by atoms with van der Waals surface area (Å²) in [5.41, 5.74) is 18.6. The Morgan fingerprint density at radius 2 is 0.912 bits per heavy atom. The maximum absolute atomic E-state index is 12.2. The van der Waals surface area contributed by atoms with Gasteiger partial charge >= 0.3 is 33.9 Å². The fraction of sp³-hybridized carbons (Fsp3) is 0.0381. The molecule has 5 aliphatic heterocycles. The Balaban J connectivity index is 0.0000000920. The number of nitrogens with zero attached hydrogens (tertiary/aromatic N) is 4. The summed E-state index contributed by atoms with van der Waals surface area (Å²) >= 11 is 0. The molecule has 0 spiro atoms. The lowest BCUT2D eigenvalue weighted by atomic mass is 9.94. The van der Waals surface area contributed by atoms with Crippen molar-refractivity contribution >= 4 is 177 Å². The monoisotopic (exact) mass is 1800 g/mol. The van der Waals surface area contributed by atoms with E-state index in [0.29, 0.717) is 107 Å². The molecule has 23 aromatic rings. The topological polar surface area (TPSA) is 463 Å². The van der Waals surface area contributed by atoms with Gasteiger partial charge in [-0.2, -0.15) is 20.5 Å². The number of aromatic nitrogens is 10. The molecule has 5 aliphatic rings. The van der Waals surface area contributed by atoms with Crippen molar-refractivity contribution in [1.82, 2.24) is 50.5 Å². The van der Waals surface area contributed by atoms with Gasteiger partial charge in [-0.25, -0.2) is 28.8 Å². The van der Waals surface area contributed by atoms with E-state index in [4.69, 9.17) is 36.6 Å². The predicted octanol–water partition coefficient (Wildman–Crippen LogP) is 19.6. The first-order valence-corrected chi connectivity index (χ1v) is 42.2. The molecule has 662 valence electrons. The van der Waals surface area contributed by atoms with Crippen LogP contribution < -0.4 is 58.1 Å². The largest absolute Gasteiger partial charge is 0.508 e. The third-order valence-corrected chi connectivity index (χ3v) is 24.0. The molecule has 14 heterocycles. The van der Waals surface area contributed by atoms with E-state index >= 15 is 0 Å². The van der Waals surface area contributed by atoms with Crippen LogP contribution in [0.25, 0.3) is 193 Å². The van der Waals surface area contributed by atoms with Gasteiger partial charge in [-0.05, 0) is 175 Å². The number of ether oxygens (including phenoxy) is 4. The lowest BCUT2D eigenvalue weighted by Crippen LogP contribution is -2.25. The van der Waals surface area contributed by atoms with Crippen LogP contribution in [0.15, 0.2) is 308 Å². The van der Waals surface area contributed by atoms with Gasteiger partial charge in [0.05, 0.1) is 62.0 Å². The number of phenols is 4. The number of anilines is 1. The summed E-state index contributed by atoms with van der Waals surface area (Å²) in [6.07, 6.45) is 5.39. The molecule has 0 radical (unpaired) electrons. The van der Waals surface area contributed by atoms with Gasteiger partial charge in [-0.3, -0.25) is 14.9 Å². The molecule has 9 aromatic heterocycles. The number of nitrogens with one attached hydrogen (secondary N) is 8. The molecule has 31 nitrogen and oxygen atoms in total. The first-order chi connectivity index (χ1) is 65.9. The lowest BCUT2D eigenvalue weighted by molar-refractivity contribution is -0.118. The zero-order valence-corrected chi connectivity index (χ0v) is 71.3. The summed E-state index contributed by atoms with van der Waals surface area (Å²) in [5.74, 6) is 4.73. The second-order valence-electron chi connectivity index (χ2n) is 32.7. The molecule has 14 aromatic carbocycles. The lowest BCUT2D eigenvalue weighted by Gasteiger charge is -2.22. The van der Waals surface area contributed by atoms with Crippen molar-refractivity contribution in [2.24, 2.45) is 4.99 Å². The number of fused-ring (bicyclic) bond motifs is 30. The van der Waals surface area contributed by atoms with Gasteiger partial charge in [0.1, 0.15) is 96.6 Å². The Morgan fingerprint density at radius 3 is 1.61 bits per heavy atom. The maximum atomic E-state index is 12.2. The van der Waals surface area contributed by atoms with E-state index in [1.54, 1.807) is 85.2 Å². The molecule has 0 saturated carbocycles. The average molecular weight is 1800 g/mol. The quantitative estimate of drug-likeness (QED) is 0.0495. The molecule has 31 heteroatoms. The van der Waals surface area contributed by atoms with E-state index in [9.17, 15) is 54.0 Å². The second-order valence-corrected chi connectivity index (χ2v) is 32.7. The summed E-state index contributed by atoms with van der Waals surface area (Å²) in [5, 5.41) is 69.1. The van der Waals surface area contributed by atoms with Crippen molar-refractivity contribution < 1.29 is 61.8 Å². The predicted molar refractivity (Wildman–Crippen MR) is 520 cm³/mol. The van der Waals surface area contributed by atoms with Crippen LogP contribution in [0.5, 0.6) is 46.0 Å². The zero-order valence-electron chi connectivity index (χ0n) is 71.3. The van der Waals surface area contributed by atoms with E-state index in [1.165, 1.54) is 12.1 Å². The number of H-pyrrole nitrogens is 7. The van der Waals surface area contributed by atoms with Crippen LogP contribution in [0, 0.1) is 13.8 Å². The SMILES string of the molecule is C=C1Oc2cc3[nH]c(=O)[nH]c3cc2-c2ccc(O)cc21.C=C1Oc2cc3[nH]ncc3cc2-c2ccc(O)cc21.C=C1Oc2cc3n[nH]nc3cc2-c2ccccc21.Cc1ccc2c(c1)c(=O)oc1c2ccc2[nH]c(=O)[nH]c21.Cc1ccc2c(c1)c(=O)oc1cc3c(cc12)OCC(=O)N3.O=c1oc2cc(O)ccc2c2cc3c(cc12)CN=C3.O=c1oc2cc(O)ccc2c2ccc3[nH]ccc3c12. The van der Waals surface area contributed by atoms with Crippen LogP contribution in [-0.2, 0) is 11.3 Å². The third kappa shape index (κ3) is 14.8. The first kappa shape index (κ1) is 82.4. The fourth-order valence-electron chi connectivity index (χ4n) is 17.6. The molecular formula is C105H68N12O19. The Hall–Kier alpha value is -19.3. The van der Waals surface area contributed by atoms with Gasteiger partial charge in [0, 0.05) is 142 Å². The van der Waals surface area contributed by atoms with Gasteiger partial charge in [0.15, 0.2) is 12.2 Å². The van der Waals surface area contributed by atoms with Gasteiger partial charge in [0.25, 0.3) is 5.91 Å². The number of amides is 1. The van der Waals surface area contributed by atoms with Crippen LogP contribution >= 0.6 is 0 Å². The highest BCUT2D eigenvalue weighted by molar-refractivity contribution is 6.16. The number of carbonyl (C=O) groups excluding carboxylic acids is 1. The van der Waals surface area contributed by atoms with E-state index in [2.05, 4.69) is 86.6 Å². The molecule has 12 N–H and O–H groups in total. The zero-order chi connectivity index (χ0) is 93.3. The Morgan fingerprint density at radius 1 is 0.382 bits per heavy atom. The minimum Gasteiger partial charge on any atom is -0.508 e. The van der Waals surface area contributed by atoms with Gasteiger partial charge in [-0.15, -0.1) is 0 Å². The molecule has 0 fully saturated rings. The Kier molecular flexibility index (Phi) is 19.6. The average Bonchev–Trinajstić information content (AvgIpc) is 1.53. The smallest absolute Gasteiger partial charge is 0.344 e. The van der Waals surface area contributed by atoms with E-state index in [-0.39, 0.29) is 58.1 Å². The summed E-state index contributed by atoms with van der Waals surface area (Å²) in [6, 6.07) is 67.2. The molecule has 0 saturated heterocycles. The number of hydrogen-bond donors (Lipinski definition) is 12. The van der Waals surface area contributed by atoms with Crippen LogP contribution in [0.3, 0.4) is 0 Å². The molecule has 0 aliphatic carbocycles. The number of phenolic OH excluding ortho intramolecular Hbond substituents is 4. The van der Waals surface area contributed by atoms with E-state index in [0.717, 1.165) is 160 Å². The van der Waals surface area contributed by atoms with Crippen molar-refractivity contribution in [3.8, 4) is 79.4 Å². The minimum atomic E-state index is -0.397. The van der Waals surface area contributed by atoms with Gasteiger partial charge in [-0.1, -0.05) is 85.5 Å². The van der Waals surface area contributed by atoms with Gasteiger partial charge < -0.3 is 87.3 Å². The van der Waals surface area contributed by atoms with Crippen LogP contribution in [0.1, 0.15) is 38.9 Å². The molecule has 136 heavy (non-hydrogen) atoms. The molecular weight excluding hydrogens is 1730 g/mol. The summed E-state index contributed by atoms with van der Waals surface area (Å²) in [7, 11) is 0. The number of aromatic hydroxyl groups is 4. The molecule has 28 rings (SSSR count). The number of carbonyl (C=O) groups is 1. The van der Waals surface area contributed by atoms with Crippen LogP contribution in [-0.4, -0.2) is 89.7 Å². The normalized spacial score (nSPS) is 12.8. The number of aromatic amines is 7. The fourth-order valence-corrected chi connectivity index (χ4v) is 17.6. The van der Waals surface area contributed by atoms with Crippen molar-refractivity contribution in [2.45, 2.75) is 20.4 Å².